The molecular formula is C15H27NO. The van der Waals surface area contributed by atoms with E-state index in [1.807, 2.05) is 6.92 Å². The summed E-state index contributed by atoms with van der Waals surface area (Å²) in [5.41, 5.74) is 7.06. The normalized spacial score (nSPS) is 24.7. The van der Waals surface area contributed by atoms with Crippen molar-refractivity contribution in [1.29, 1.82) is 0 Å². The van der Waals surface area contributed by atoms with E-state index in [0.717, 1.165) is 6.42 Å². The van der Waals surface area contributed by atoms with Crippen LogP contribution in [0.1, 0.15) is 65.7 Å². The van der Waals surface area contributed by atoms with E-state index in [0.29, 0.717) is 12.5 Å². The second-order valence-corrected chi connectivity index (χ2v) is 6.37. The van der Waals surface area contributed by atoms with Gasteiger partial charge >= 0.3 is 0 Å². The van der Waals surface area contributed by atoms with Crippen LogP contribution in [0, 0.1) is 5.41 Å². The van der Waals surface area contributed by atoms with Gasteiger partial charge in [0.05, 0.1) is 0 Å². The molecule has 17 heavy (non-hydrogen) atoms. The fourth-order valence-corrected chi connectivity index (χ4v) is 2.80. The van der Waals surface area contributed by atoms with Crippen molar-refractivity contribution < 1.29 is 4.79 Å². The number of hydrogen-bond acceptors (Lipinski definition) is 2. The van der Waals surface area contributed by atoms with Gasteiger partial charge in [0.15, 0.2) is 5.78 Å². The molecule has 1 fully saturated rings. The molecule has 2 heteroatoms. The summed E-state index contributed by atoms with van der Waals surface area (Å²) < 4.78 is 0. The van der Waals surface area contributed by atoms with Crippen LogP contribution in [0.2, 0.25) is 0 Å². The van der Waals surface area contributed by atoms with Gasteiger partial charge in [0.1, 0.15) is 0 Å². The van der Waals surface area contributed by atoms with Gasteiger partial charge < -0.3 is 5.73 Å². The van der Waals surface area contributed by atoms with Crippen LogP contribution >= 0.6 is 0 Å². The Kier molecular flexibility index (Phi) is 5.38. The summed E-state index contributed by atoms with van der Waals surface area (Å²) in [6.07, 6.45) is 10.2. The van der Waals surface area contributed by atoms with Crippen LogP contribution in [0.4, 0.5) is 0 Å². The number of allylic oxidation sites excluding steroid dienone is 2. The first-order chi connectivity index (χ1) is 7.89. The molecule has 1 saturated carbocycles. The number of carbonyl (C=O) groups excluding carboxylic acids is 1. The minimum atomic E-state index is 0.204. The molecule has 0 bridgehead atoms. The molecule has 0 aromatic rings. The van der Waals surface area contributed by atoms with Gasteiger partial charge in [0.2, 0.25) is 0 Å². The van der Waals surface area contributed by atoms with Crippen molar-refractivity contribution in [2.45, 2.75) is 71.8 Å². The minimum absolute atomic E-state index is 0.204. The summed E-state index contributed by atoms with van der Waals surface area (Å²) in [4.78, 5) is 11.0. The van der Waals surface area contributed by atoms with Crippen LogP contribution in [0.3, 0.4) is 0 Å². The summed E-state index contributed by atoms with van der Waals surface area (Å²) in [7, 11) is 0. The molecule has 2 nitrogen and oxygen atoms in total. The molecule has 0 aliphatic heterocycles. The summed E-state index contributed by atoms with van der Waals surface area (Å²) >= 11 is 0. The third-order valence-electron chi connectivity index (χ3n) is 3.47. The predicted octanol–water partition coefficient (Wildman–Crippen LogP) is 3.60. The maximum atomic E-state index is 11.0. The van der Waals surface area contributed by atoms with Crippen molar-refractivity contribution in [2.24, 2.45) is 11.1 Å². The smallest absolute Gasteiger partial charge is 0.156 e. The molecule has 0 radical (unpaired) electrons. The molecule has 0 aromatic heterocycles. The lowest BCUT2D eigenvalue weighted by Crippen LogP contribution is -2.22. The zero-order valence-corrected chi connectivity index (χ0v) is 11.6. The van der Waals surface area contributed by atoms with Gasteiger partial charge in [0, 0.05) is 12.5 Å². The van der Waals surface area contributed by atoms with Gasteiger partial charge in [-0.15, -0.1) is 0 Å². The zero-order valence-electron chi connectivity index (χ0n) is 11.6. The van der Waals surface area contributed by atoms with Crippen LogP contribution < -0.4 is 5.73 Å². The second-order valence-electron chi connectivity index (χ2n) is 6.37. The van der Waals surface area contributed by atoms with Crippen molar-refractivity contribution in [3.63, 3.8) is 0 Å². The van der Waals surface area contributed by atoms with E-state index < -0.39 is 0 Å². The molecule has 98 valence electrons. The fraction of sp³-hybridized carbons (Fsp3) is 0.800. The number of ketones is 1. The standard InChI is InChI=1S/C9H14O.C6H13N/c1-7-4-8(10)6-9(2,3)5-7;7-6-4-2-1-3-5-6/h4H,5-6H2,1-3H3;6H,1-5,7H2. The molecule has 2 aliphatic rings. The van der Waals surface area contributed by atoms with E-state index in [9.17, 15) is 4.79 Å². The minimum Gasteiger partial charge on any atom is -0.328 e. The SMILES string of the molecule is CC1=CC(=O)CC(C)(C)C1.NC1CCCCC1. The maximum Gasteiger partial charge on any atom is 0.156 e. The van der Waals surface area contributed by atoms with Gasteiger partial charge in [-0.05, 0) is 37.7 Å². The predicted molar refractivity (Wildman–Crippen MR) is 72.8 cm³/mol. The first-order valence-corrected chi connectivity index (χ1v) is 6.85. The van der Waals surface area contributed by atoms with Crippen LogP contribution in [0.15, 0.2) is 11.6 Å². The number of rotatable bonds is 0. The van der Waals surface area contributed by atoms with E-state index >= 15 is 0 Å². The molecule has 0 amide bonds. The number of nitrogens with two attached hydrogens (primary N) is 1. The van der Waals surface area contributed by atoms with Crippen molar-refractivity contribution in [3.8, 4) is 0 Å². The van der Waals surface area contributed by atoms with Crippen LogP contribution in [0.25, 0.3) is 0 Å². The fourth-order valence-electron chi connectivity index (χ4n) is 2.80. The van der Waals surface area contributed by atoms with Gasteiger partial charge in [-0.1, -0.05) is 38.7 Å². The molecular weight excluding hydrogens is 210 g/mol. The average Bonchev–Trinajstić information content (AvgIpc) is 2.15. The van der Waals surface area contributed by atoms with Crippen molar-refractivity contribution >= 4 is 5.78 Å². The van der Waals surface area contributed by atoms with E-state index in [1.165, 1.54) is 37.7 Å². The molecule has 2 rings (SSSR count). The maximum absolute atomic E-state index is 11.0. The first-order valence-electron chi connectivity index (χ1n) is 6.85. The molecule has 0 heterocycles. The van der Waals surface area contributed by atoms with E-state index in [2.05, 4.69) is 13.8 Å². The third kappa shape index (κ3) is 6.02. The Labute approximate surface area is 106 Å². The summed E-state index contributed by atoms with van der Waals surface area (Å²) in [6, 6.07) is 0.536. The van der Waals surface area contributed by atoms with E-state index in [1.54, 1.807) is 6.08 Å². The highest BCUT2D eigenvalue weighted by atomic mass is 16.1. The van der Waals surface area contributed by atoms with Crippen molar-refractivity contribution in [1.82, 2.24) is 0 Å². The second kappa shape index (κ2) is 6.34. The Hall–Kier alpha value is -0.630. The Bertz CT molecular complexity index is 285. The number of carbonyl (C=O) groups is 1. The molecule has 0 aromatic carbocycles. The van der Waals surface area contributed by atoms with Gasteiger partial charge in [0.25, 0.3) is 0 Å². The van der Waals surface area contributed by atoms with Gasteiger partial charge in [-0.3, -0.25) is 4.79 Å². The van der Waals surface area contributed by atoms with Crippen LogP contribution in [0.5, 0.6) is 0 Å². The van der Waals surface area contributed by atoms with Crippen molar-refractivity contribution in [2.75, 3.05) is 0 Å². The molecule has 2 aliphatic carbocycles. The van der Waals surface area contributed by atoms with Gasteiger partial charge in [-0.2, -0.15) is 0 Å². The zero-order chi connectivity index (χ0) is 12.9. The summed E-state index contributed by atoms with van der Waals surface area (Å²) in [6.45, 7) is 6.31. The highest BCUT2D eigenvalue weighted by molar-refractivity contribution is 5.91. The molecule has 0 spiro atoms. The van der Waals surface area contributed by atoms with Crippen LogP contribution in [-0.2, 0) is 4.79 Å². The summed E-state index contributed by atoms with van der Waals surface area (Å²) in [5.74, 6) is 0.286. The highest BCUT2D eigenvalue weighted by Crippen LogP contribution is 2.32. The quantitative estimate of drug-likeness (QED) is 0.699. The largest absolute Gasteiger partial charge is 0.328 e. The Balaban J connectivity index is 0.000000181. The highest BCUT2D eigenvalue weighted by Gasteiger charge is 2.25. The average molecular weight is 237 g/mol. The summed E-state index contributed by atoms with van der Waals surface area (Å²) in [5, 5.41) is 0. The lowest BCUT2D eigenvalue weighted by atomic mass is 9.77. The molecule has 0 atom stereocenters. The van der Waals surface area contributed by atoms with Crippen molar-refractivity contribution in [3.05, 3.63) is 11.6 Å². The first kappa shape index (κ1) is 14.4. The van der Waals surface area contributed by atoms with E-state index in [-0.39, 0.29) is 11.2 Å². The lowest BCUT2D eigenvalue weighted by molar-refractivity contribution is -0.117. The molecule has 0 unspecified atom stereocenters. The monoisotopic (exact) mass is 237 g/mol. The van der Waals surface area contributed by atoms with E-state index in [4.69, 9.17) is 5.73 Å². The molecule has 2 N–H and O–H groups in total. The lowest BCUT2D eigenvalue weighted by Gasteiger charge is -2.27. The third-order valence-corrected chi connectivity index (χ3v) is 3.47. The molecule has 0 saturated heterocycles. The topological polar surface area (TPSA) is 43.1 Å². The number of hydrogen-bond donors (Lipinski definition) is 1. The Morgan fingerprint density at radius 1 is 1.18 bits per heavy atom. The Morgan fingerprint density at radius 2 is 1.76 bits per heavy atom. The van der Waals surface area contributed by atoms with Gasteiger partial charge in [-0.25, -0.2) is 0 Å². The van der Waals surface area contributed by atoms with Crippen LogP contribution in [-0.4, -0.2) is 11.8 Å². The Morgan fingerprint density at radius 3 is 2.12 bits per heavy atom.